The van der Waals surface area contributed by atoms with E-state index < -0.39 is 32.5 Å². The van der Waals surface area contributed by atoms with Gasteiger partial charge in [0.15, 0.2) is 6.10 Å². The Bertz CT molecular complexity index is 1030. The molecule has 10 heteroatoms. The van der Waals surface area contributed by atoms with Gasteiger partial charge in [-0.1, -0.05) is 172 Å². The number of phosphoric ester groups is 1. The van der Waals surface area contributed by atoms with Crippen LogP contribution in [0.25, 0.3) is 0 Å². The second kappa shape index (κ2) is 43.8. The largest absolute Gasteiger partial charge is 0.472 e. The highest BCUT2D eigenvalue weighted by atomic mass is 31.2. The lowest BCUT2D eigenvalue weighted by atomic mass is 10.0. The van der Waals surface area contributed by atoms with E-state index in [1.165, 1.54) is 128 Å². The number of unbranched alkanes of at least 4 members (excludes halogenated alkanes) is 25. The molecule has 0 aliphatic rings. The lowest BCUT2D eigenvalue weighted by molar-refractivity contribution is -0.161. The Labute approximate surface area is 350 Å². The summed E-state index contributed by atoms with van der Waals surface area (Å²) in [5, 5.41) is 0. The summed E-state index contributed by atoms with van der Waals surface area (Å²) in [6, 6.07) is 0. The van der Waals surface area contributed by atoms with Gasteiger partial charge < -0.3 is 20.1 Å². The van der Waals surface area contributed by atoms with E-state index in [1.54, 1.807) is 0 Å². The van der Waals surface area contributed by atoms with Gasteiger partial charge in [0.25, 0.3) is 0 Å². The van der Waals surface area contributed by atoms with Crippen LogP contribution in [0.2, 0.25) is 0 Å². The number of ether oxygens (including phenoxy) is 2. The third-order valence-electron chi connectivity index (χ3n) is 9.98. The molecule has 3 N–H and O–H groups in total. The molecule has 0 aliphatic heterocycles. The van der Waals surface area contributed by atoms with E-state index in [-0.39, 0.29) is 32.6 Å². The molecule has 0 aliphatic carbocycles. The summed E-state index contributed by atoms with van der Waals surface area (Å²) in [5.74, 6) is -0.893. The van der Waals surface area contributed by atoms with Crippen molar-refractivity contribution < 1.29 is 37.6 Å². The van der Waals surface area contributed by atoms with Gasteiger partial charge in [-0.25, -0.2) is 4.57 Å². The molecule has 0 fully saturated rings. The average molecular weight is 826 g/mol. The first kappa shape index (κ1) is 55.2. The predicted octanol–water partition coefficient (Wildman–Crippen LogP) is 13.7. The van der Waals surface area contributed by atoms with Crippen LogP contribution in [0.4, 0.5) is 0 Å². The van der Waals surface area contributed by atoms with Gasteiger partial charge in [-0.3, -0.25) is 18.6 Å². The minimum absolute atomic E-state index is 0.0458. The highest BCUT2D eigenvalue weighted by Gasteiger charge is 2.26. The van der Waals surface area contributed by atoms with Gasteiger partial charge in [-0.2, -0.15) is 0 Å². The summed E-state index contributed by atoms with van der Waals surface area (Å²) in [5.41, 5.74) is 5.35. The van der Waals surface area contributed by atoms with E-state index in [1.807, 2.05) is 0 Å². The first-order chi connectivity index (χ1) is 27.8. The molecule has 0 saturated carbocycles. The lowest BCUT2D eigenvalue weighted by Crippen LogP contribution is -2.29. The number of hydrogen-bond acceptors (Lipinski definition) is 8. The van der Waals surface area contributed by atoms with Crippen LogP contribution >= 0.6 is 7.82 Å². The zero-order chi connectivity index (χ0) is 41.8. The van der Waals surface area contributed by atoms with Crippen molar-refractivity contribution in [2.75, 3.05) is 26.4 Å². The summed E-state index contributed by atoms with van der Waals surface area (Å²) >= 11 is 0. The molecule has 1 unspecified atom stereocenters. The number of carbonyl (C=O) groups excluding carboxylic acids is 2. The molecule has 0 bridgehead atoms. The van der Waals surface area contributed by atoms with E-state index in [0.29, 0.717) is 12.8 Å². The highest BCUT2D eigenvalue weighted by Crippen LogP contribution is 2.43. The van der Waals surface area contributed by atoms with E-state index >= 15 is 0 Å². The highest BCUT2D eigenvalue weighted by molar-refractivity contribution is 7.47. The quantitative estimate of drug-likeness (QED) is 0.0266. The fourth-order valence-corrected chi connectivity index (χ4v) is 7.24. The summed E-state index contributed by atoms with van der Waals surface area (Å²) in [4.78, 5) is 34.9. The molecule has 0 saturated heterocycles. The Hall–Kier alpha value is -1.77. The van der Waals surface area contributed by atoms with Crippen molar-refractivity contribution in [3.05, 3.63) is 36.5 Å². The number of hydrogen-bond donors (Lipinski definition) is 2. The predicted molar refractivity (Wildman–Crippen MR) is 238 cm³/mol. The Balaban J connectivity index is 4.13. The lowest BCUT2D eigenvalue weighted by Gasteiger charge is -2.19. The molecule has 0 spiro atoms. The smallest absolute Gasteiger partial charge is 0.462 e. The standard InChI is InChI=1S/C47H88NO8P/c1-3-5-7-9-11-13-15-17-18-19-20-21-22-23-24-25-26-28-30-32-34-36-38-40-47(50)56-45(44-55-57(51,52)54-42-41-48)43-53-46(49)39-37-35-33-31-29-27-16-14-12-10-8-6-4-2/h25-27,29,32,34,45H,3-24,28,30-31,33,35-44,48H2,1-2H3,(H,51,52)/b26-25+,29-27+,34-32+/t45-/m1/s1. The summed E-state index contributed by atoms with van der Waals surface area (Å²) < 4.78 is 32.7. The minimum Gasteiger partial charge on any atom is -0.462 e. The third kappa shape index (κ3) is 43.6. The van der Waals surface area contributed by atoms with Crippen LogP contribution in [0.5, 0.6) is 0 Å². The van der Waals surface area contributed by atoms with Crippen LogP contribution in [0, 0.1) is 0 Å². The van der Waals surface area contributed by atoms with Gasteiger partial charge in [0, 0.05) is 19.4 Å². The summed E-state index contributed by atoms with van der Waals surface area (Å²) in [7, 11) is -4.39. The fourth-order valence-electron chi connectivity index (χ4n) is 6.47. The van der Waals surface area contributed by atoms with Crippen molar-refractivity contribution in [1.29, 1.82) is 0 Å². The van der Waals surface area contributed by atoms with Crippen LogP contribution in [0.3, 0.4) is 0 Å². The van der Waals surface area contributed by atoms with Crippen LogP contribution in [-0.4, -0.2) is 49.3 Å². The molecule has 0 heterocycles. The molecular weight excluding hydrogens is 737 g/mol. The van der Waals surface area contributed by atoms with Crippen molar-refractivity contribution in [3.63, 3.8) is 0 Å². The number of nitrogens with two attached hydrogens (primary N) is 1. The number of carbonyl (C=O) groups is 2. The van der Waals surface area contributed by atoms with Gasteiger partial charge in [-0.05, 0) is 70.6 Å². The minimum atomic E-state index is -4.39. The van der Waals surface area contributed by atoms with E-state index in [0.717, 1.165) is 51.4 Å². The molecule has 57 heavy (non-hydrogen) atoms. The maximum absolute atomic E-state index is 12.6. The van der Waals surface area contributed by atoms with Crippen LogP contribution in [-0.2, 0) is 32.7 Å². The van der Waals surface area contributed by atoms with Crippen molar-refractivity contribution in [2.45, 2.75) is 225 Å². The molecular formula is C47H88NO8P. The van der Waals surface area contributed by atoms with E-state index in [2.05, 4.69) is 50.3 Å². The first-order valence-corrected chi connectivity index (χ1v) is 25.0. The van der Waals surface area contributed by atoms with Crippen LogP contribution < -0.4 is 5.73 Å². The molecule has 0 radical (unpaired) electrons. The van der Waals surface area contributed by atoms with E-state index in [9.17, 15) is 19.0 Å². The normalized spacial score (nSPS) is 13.5. The average Bonchev–Trinajstić information content (AvgIpc) is 3.20. The molecule has 0 aromatic heterocycles. The molecule has 9 nitrogen and oxygen atoms in total. The van der Waals surface area contributed by atoms with Gasteiger partial charge in [-0.15, -0.1) is 0 Å². The van der Waals surface area contributed by atoms with E-state index in [4.69, 9.17) is 24.3 Å². The third-order valence-corrected chi connectivity index (χ3v) is 11.0. The molecule has 2 atom stereocenters. The summed E-state index contributed by atoms with van der Waals surface area (Å²) in [6.45, 7) is 3.68. The van der Waals surface area contributed by atoms with Crippen molar-refractivity contribution in [2.24, 2.45) is 5.73 Å². The molecule has 0 amide bonds. The zero-order valence-electron chi connectivity index (χ0n) is 36.8. The van der Waals surface area contributed by atoms with Crippen LogP contribution in [0.1, 0.15) is 219 Å². The Morgan fingerprint density at radius 2 is 0.895 bits per heavy atom. The molecule has 0 rings (SSSR count). The fraction of sp³-hybridized carbons (Fsp3) is 0.830. The van der Waals surface area contributed by atoms with Crippen molar-refractivity contribution in [1.82, 2.24) is 0 Å². The molecule has 334 valence electrons. The Morgan fingerprint density at radius 3 is 1.35 bits per heavy atom. The maximum Gasteiger partial charge on any atom is 0.472 e. The number of allylic oxidation sites excluding steroid dienone is 6. The van der Waals surface area contributed by atoms with Crippen molar-refractivity contribution >= 4 is 19.8 Å². The Kier molecular flexibility index (Phi) is 42.4. The Morgan fingerprint density at radius 1 is 0.509 bits per heavy atom. The van der Waals surface area contributed by atoms with Gasteiger partial charge in [0.05, 0.1) is 13.2 Å². The molecule has 0 aromatic rings. The number of rotatable bonds is 44. The van der Waals surface area contributed by atoms with Gasteiger partial charge >= 0.3 is 19.8 Å². The van der Waals surface area contributed by atoms with Crippen LogP contribution in [0.15, 0.2) is 36.5 Å². The molecule has 0 aromatic carbocycles. The first-order valence-electron chi connectivity index (χ1n) is 23.5. The zero-order valence-corrected chi connectivity index (χ0v) is 37.7. The number of phosphoric acid groups is 1. The summed E-state index contributed by atoms with van der Waals surface area (Å²) in [6.07, 6.45) is 49.1. The van der Waals surface area contributed by atoms with Gasteiger partial charge in [0.1, 0.15) is 6.61 Å². The second-order valence-corrected chi connectivity index (χ2v) is 17.1. The van der Waals surface area contributed by atoms with Gasteiger partial charge in [0.2, 0.25) is 0 Å². The monoisotopic (exact) mass is 826 g/mol. The van der Waals surface area contributed by atoms with Crippen molar-refractivity contribution in [3.8, 4) is 0 Å². The number of esters is 2. The maximum atomic E-state index is 12.6. The topological polar surface area (TPSA) is 134 Å². The second-order valence-electron chi connectivity index (χ2n) is 15.6. The SMILES string of the molecule is CCCCCCCC/C=C/CCCCCC(=O)OC[C@H](COP(=O)(O)OCCN)OC(=O)CCC/C=C/CC/C=C/CCCCCCCCCCCCCCCC.